The molecular formula is C12H16N4O2S. The first-order valence-corrected chi connectivity index (χ1v) is 7.64. The third-order valence-corrected chi connectivity index (χ3v) is 4.76. The minimum atomic E-state index is -3.71. The Kier molecular flexibility index (Phi) is 4.14. The molecule has 2 N–H and O–H groups in total. The Balaban J connectivity index is 2.25. The summed E-state index contributed by atoms with van der Waals surface area (Å²) in [6.07, 6.45) is 3.12. The van der Waals surface area contributed by atoms with Gasteiger partial charge in [-0.2, -0.15) is 5.26 Å². The maximum absolute atomic E-state index is 12.3. The molecule has 0 saturated carbocycles. The van der Waals surface area contributed by atoms with Crippen LogP contribution in [0, 0.1) is 11.3 Å². The molecule has 2 rings (SSSR count). The van der Waals surface area contributed by atoms with E-state index in [1.807, 2.05) is 6.92 Å². The average molecular weight is 280 g/mol. The molecule has 6 nitrogen and oxygen atoms in total. The lowest BCUT2D eigenvalue weighted by Gasteiger charge is -2.30. The van der Waals surface area contributed by atoms with Crippen molar-refractivity contribution in [1.82, 2.24) is 15.0 Å². The minimum Gasteiger partial charge on any atom is -0.313 e. The summed E-state index contributed by atoms with van der Waals surface area (Å²) in [7, 11) is -3.71. The summed E-state index contributed by atoms with van der Waals surface area (Å²) < 4.78 is 27.2. The zero-order valence-electron chi connectivity index (χ0n) is 10.6. The van der Waals surface area contributed by atoms with Crippen molar-refractivity contribution in [3.05, 3.63) is 24.0 Å². The quantitative estimate of drug-likeness (QED) is 0.834. The normalized spacial score (nSPS) is 23.8. The molecule has 1 saturated heterocycles. The standard InChI is InChI=1S/C12H16N4O2S/c1-9-10(4-2-6-14-9)16-19(17,18)12-5-3-7-15-11(12)8-13/h3,5,7,9-10,14,16H,2,4,6H2,1H3. The van der Waals surface area contributed by atoms with Gasteiger partial charge in [-0.3, -0.25) is 0 Å². The van der Waals surface area contributed by atoms with Gasteiger partial charge in [0.25, 0.3) is 0 Å². The number of rotatable bonds is 3. The second-order valence-corrected chi connectivity index (χ2v) is 6.26. The fourth-order valence-electron chi connectivity index (χ4n) is 2.16. The molecule has 1 fully saturated rings. The van der Waals surface area contributed by atoms with Crippen LogP contribution < -0.4 is 10.0 Å². The first-order valence-electron chi connectivity index (χ1n) is 6.15. The summed E-state index contributed by atoms with van der Waals surface area (Å²) in [4.78, 5) is 3.72. The van der Waals surface area contributed by atoms with Crippen LogP contribution in [0.4, 0.5) is 0 Å². The Labute approximate surface area is 112 Å². The number of sulfonamides is 1. The zero-order chi connectivity index (χ0) is 13.9. The van der Waals surface area contributed by atoms with E-state index >= 15 is 0 Å². The van der Waals surface area contributed by atoms with Crippen molar-refractivity contribution in [2.24, 2.45) is 0 Å². The predicted molar refractivity (Wildman–Crippen MR) is 69.8 cm³/mol. The summed E-state index contributed by atoms with van der Waals surface area (Å²) in [5, 5.41) is 12.1. The van der Waals surface area contributed by atoms with E-state index in [0.29, 0.717) is 0 Å². The summed E-state index contributed by atoms with van der Waals surface area (Å²) in [5.74, 6) is 0. The molecule has 1 aromatic heterocycles. The van der Waals surface area contributed by atoms with Crippen molar-refractivity contribution < 1.29 is 8.42 Å². The molecule has 0 spiro atoms. The number of aromatic nitrogens is 1. The highest BCUT2D eigenvalue weighted by Crippen LogP contribution is 2.16. The monoisotopic (exact) mass is 280 g/mol. The number of nitrogens with zero attached hydrogens (tertiary/aromatic N) is 2. The number of piperidine rings is 1. The highest BCUT2D eigenvalue weighted by Gasteiger charge is 2.28. The molecule has 1 aromatic rings. The molecule has 1 aliphatic heterocycles. The Morgan fingerprint density at radius 3 is 3.05 bits per heavy atom. The maximum Gasteiger partial charge on any atom is 0.243 e. The van der Waals surface area contributed by atoms with Crippen molar-refractivity contribution in [2.45, 2.75) is 36.7 Å². The third kappa shape index (κ3) is 3.10. The Morgan fingerprint density at radius 2 is 2.37 bits per heavy atom. The van der Waals surface area contributed by atoms with Crippen LogP contribution in [0.15, 0.2) is 23.2 Å². The lowest BCUT2D eigenvalue weighted by molar-refractivity contribution is 0.348. The zero-order valence-corrected chi connectivity index (χ0v) is 11.4. The van der Waals surface area contributed by atoms with Gasteiger partial charge in [0.15, 0.2) is 5.69 Å². The molecule has 1 aliphatic rings. The Morgan fingerprint density at radius 1 is 1.58 bits per heavy atom. The van der Waals surface area contributed by atoms with E-state index in [1.165, 1.54) is 18.3 Å². The van der Waals surface area contributed by atoms with Crippen LogP contribution in [0.25, 0.3) is 0 Å². The minimum absolute atomic E-state index is 0.0599. The van der Waals surface area contributed by atoms with E-state index in [-0.39, 0.29) is 22.7 Å². The van der Waals surface area contributed by atoms with E-state index in [0.717, 1.165) is 19.4 Å². The smallest absolute Gasteiger partial charge is 0.243 e. The van der Waals surface area contributed by atoms with Crippen molar-refractivity contribution in [1.29, 1.82) is 5.26 Å². The molecule has 19 heavy (non-hydrogen) atoms. The number of nitriles is 1. The van der Waals surface area contributed by atoms with Crippen LogP contribution in [0.3, 0.4) is 0 Å². The van der Waals surface area contributed by atoms with Gasteiger partial charge >= 0.3 is 0 Å². The van der Waals surface area contributed by atoms with Crippen LogP contribution in [-0.2, 0) is 10.0 Å². The van der Waals surface area contributed by atoms with Crippen LogP contribution in [0.2, 0.25) is 0 Å². The SMILES string of the molecule is CC1NCCCC1NS(=O)(=O)c1cccnc1C#N. The Hall–Kier alpha value is -1.49. The van der Waals surface area contributed by atoms with Gasteiger partial charge < -0.3 is 5.32 Å². The topological polar surface area (TPSA) is 94.9 Å². The fraction of sp³-hybridized carbons (Fsp3) is 0.500. The molecule has 0 bridgehead atoms. The highest BCUT2D eigenvalue weighted by atomic mass is 32.2. The molecular weight excluding hydrogens is 264 g/mol. The van der Waals surface area contributed by atoms with Crippen molar-refractivity contribution in [2.75, 3.05) is 6.54 Å². The number of pyridine rings is 1. The summed E-state index contributed by atoms with van der Waals surface area (Å²) in [6, 6.07) is 4.63. The molecule has 7 heteroatoms. The lowest BCUT2D eigenvalue weighted by Crippen LogP contribution is -2.51. The van der Waals surface area contributed by atoms with Gasteiger partial charge in [0.1, 0.15) is 11.0 Å². The molecule has 0 radical (unpaired) electrons. The van der Waals surface area contributed by atoms with Gasteiger partial charge in [-0.1, -0.05) is 0 Å². The van der Waals surface area contributed by atoms with Gasteiger partial charge in [0.2, 0.25) is 10.0 Å². The lowest BCUT2D eigenvalue weighted by atomic mass is 10.0. The molecule has 0 amide bonds. The number of nitrogens with one attached hydrogen (secondary N) is 2. The Bertz CT molecular complexity index is 594. The van der Waals surface area contributed by atoms with Crippen LogP contribution in [0.1, 0.15) is 25.5 Å². The average Bonchev–Trinajstić information content (AvgIpc) is 2.41. The highest BCUT2D eigenvalue weighted by molar-refractivity contribution is 7.89. The van der Waals surface area contributed by atoms with Gasteiger partial charge in [-0.05, 0) is 38.4 Å². The van der Waals surface area contributed by atoms with Crippen LogP contribution in [-0.4, -0.2) is 32.0 Å². The number of hydrogen-bond donors (Lipinski definition) is 2. The largest absolute Gasteiger partial charge is 0.313 e. The van der Waals surface area contributed by atoms with E-state index in [1.54, 1.807) is 6.07 Å². The third-order valence-electron chi connectivity index (χ3n) is 3.23. The van der Waals surface area contributed by atoms with Gasteiger partial charge in [0, 0.05) is 18.3 Å². The van der Waals surface area contributed by atoms with Gasteiger partial charge in [0.05, 0.1) is 0 Å². The van der Waals surface area contributed by atoms with E-state index in [2.05, 4.69) is 15.0 Å². The summed E-state index contributed by atoms with van der Waals surface area (Å²) in [6.45, 7) is 2.84. The molecule has 2 atom stereocenters. The second-order valence-electron chi connectivity index (χ2n) is 4.57. The van der Waals surface area contributed by atoms with Crippen LogP contribution >= 0.6 is 0 Å². The molecule has 102 valence electrons. The first-order chi connectivity index (χ1) is 9.04. The van der Waals surface area contributed by atoms with Gasteiger partial charge in [-0.15, -0.1) is 0 Å². The fourth-order valence-corrected chi connectivity index (χ4v) is 3.62. The van der Waals surface area contributed by atoms with E-state index in [9.17, 15) is 8.42 Å². The van der Waals surface area contributed by atoms with Gasteiger partial charge in [-0.25, -0.2) is 18.1 Å². The van der Waals surface area contributed by atoms with E-state index in [4.69, 9.17) is 5.26 Å². The summed E-state index contributed by atoms with van der Waals surface area (Å²) >= 11 is 0. The van der Waals surface area contributed by atoms with Crippen molar-refractivity contribution >= 4 is 10.0 Å². The molecule has 0 aromatic carbocycles. The van der Waals surface area contributed by atoms with Crippen molar-refractivity contribution in [3.63, 3.8) is 0 Å². The molecule has 0 aliphatic carbocycles. The predicted octanol–water partition coefficient (Wildman–Crippen LogP) is 0.372. The first kappa shape index (κ1) is 13.9. The van der Waals surface area contributed by atoms with Crippen LogP contribution in [0.5, 0.6) is 0 Å². The second kappa shape index (κ2) is 5.65. The number of hydrogen-bond acceptors (Lipinski definition) is 5. The molecule has 2 heterocycles. The maximum atomic E-state index is 12.3. The van der Waals surface area contributed by atoms with Crippen molar-refractivity contribution in [3.8, 4) is 6.07 Å². The molecule has 2 unspecified atom stereocenters. The summed E-state index contributed by atoms with van der Waals surface area (Å²) in [5.41, 5.74) is -0.0774. The van der Waals surface area contributed by atoms with E-state index < -0.39 is 10.0 Å².